The maximum atomic E-state index is 6.03. The molecule has 0 bridgehead atoms. The molecule has 24 heavy (non-hydrogen) atoms. The number of nitrogens with one attached hydrogen (secondary N) is 1. The number of rotatable bonds is 4. The van der Waals surface area contributed by atoms with E-state index in [1.54, 1.807) is 0 Å². The topological polar surface area (TPSA) is 72.5 Å². The fourth-order valence-corrected chi connectivity index (χ4v) is 2.67. The standard InChI is InChI=1S/C18H22N4O.HI/c1-13-6-7-14(12-21-13)8-10-20-18(19)22-16-9-11-23-17-5-3-2-4-15(16)17;/h2-7,12,16H,8-11H2,1H3,(H3,19,20,22);1H. The molecule has 128 valence electrons. The van der Waals surface area contributed by atoms with Crippen molar-refractivity contribution in [2.45, 2.75) is 25.8 Å². The second-order valence-corrected chi connectivity index (χ2v) is 5.70. The van der Waals surface area contributed by atoms with Crippen molar-refractivity contribution in [2.75, 3.05) is 13.2 Å². The van der Waals surface area contributed by atoms with Gasteiger partial charge in [-0.15, -0.1) is 24.0 Å². The normalized spacial score (nSPS) is 16.5. The molecular formula is C18H23IN4O. The van der Waals surface area contributed by atoms with E-state index >= 15 is 0 Å². The predicted octanol–water partition coefficient (Wildman–Crippen LogP) is 2.98. The third-order valence-corrected chi connectivity index (χ3v) is 3.94. The first kappa shape index (κ1) is 18.5. The SMILES string of the molecule is Cc1ccc(CCN=C(N)NC2CCOc3ccccc32)cn1.I. The van der Waals surface area contributed by atoms with Crippen molar-refractivity contribution in [1.82, 2.24) is 10.3 Å². The number of nitrogens with two attached hydrogens (primary N) is 1. The van der Waals surface area contributed by atoms with Gasteiger partial charge in [0.25, 0.3) is 0 Å². The van der Waals surface area contributed by atoms with E-state index in [0.29, 0.717) is 19.1 Å². The molecule has 0 aliphatic carbocycles. The predicted molar refractivity (Wildman–Crippen MR) is 107 cm³/mol. The molecule has 1 atom stereocenters. The Morgan fingerprint density at radius 3 is 2.96 bits per heavy atom. The molecule has 1 aromatic heterocycles. The minimum absolute atomic E-state index is 0. The number of pyridine rings is 1. The highest BCUT2D eigenvalue weighted by molar-refractivity contribution is 14.0. The van der Waals surface area contributed by atoms with Gasteiger partial charge in [-0.05, 0) is 31.0 Å². The zero-order valence-corrected chi connectivity index (χ0v) is 16.1. The number of para-hydroxylation sites is 1. The van der Waals surface area contributed by atoms with Gasteiger partial charge >= 0.3 is 0 Å². The average Bonchev–Trinajstić information content (AvgIpc) is 2.57. The van der Waals surface area contributed by atoms with Gasteiger partial charge in [-0.2, -0.15) is 0 Å². The van der Waals surface area contributed by atoms with Crippen LogP contribution < -0.4 is 15.8 Å². The van der Waals surface area contributed by atoms with E-state index < -0.39 is 0 Å². The van der Waals surface area contributed by atoms with Gasteiger partial charge in [0.2, 0.25) is 0 Å². The first-order chi connectivity index (χ1) is 11.2. The molecule has 0 amide bonds. The van der Waals surface area contributed by atoms with Crippen LogP contribution in [0, 0.1) is 6.92 Å². The molecule has 5 nitrogen and oxygen atoms in total. The van der Waals surface area contributed by atoms with Crippen LogP contribution >= 0.6 is 24.0 Å². The van der Waals surface area contributed by atoms with Gasteiger partial charge in [0, 0.05) is 30.4 Å². The lowest BCUT2D eigenvalue weighted by molar-refractivity contribution is 0.262. The highest BCUT2D eigenvalue weighted by Gasteiger charge is 2.21. The summed E-state index contributed by atoms with van der Waals surface area (Å²) in [6.07, 6.45) is 3.61. The van der Waals surface area contributed by atoms with Crippen LogP contribution in [0.1, 0.15) is 29.3 Å². The summed E-state index contributed by atoms with van der Waals surface area (Å²) >= 11 is 0. The number of benzene rings is 1. The zero-order valence-electron chi connectivity index (χ0n) is 13.7. The fraction of sp³-hybridized carbons (Fsp3) is 0.333. The Bertz CT molecular complexity index is 688. The van der Waals surface area contributed by atoms with E-state index in [4.69, 9.17) is 10.5 Å². The fourth-order valence-electron chi connectivity index (χ4n) is 2.67. The first-order valence-corrected chi connectivity index (χ1v) is 7.92. The molecule has 1 unspecified atom stereocenters. The van der Waals surface area contributed by atoms with Gasteiger partial charge in [0.05, 0.1) is 12.6 Å². The van der Waals surface area contributed by atoms with E-state index in [2.05, 4.69) is 27.4 Å². The second-order valence-electron chi connectivity index (χ2n) is 5.70. The van der Waals surface area contributed by atoms with Crippen molar-refractivity contribution in [3.05, 3.63) is 59.4 Å². The Hall–Kier alpha value is -1.83. The third-order valence-electron chi connectivity index (χ3n) is 3.94. The molecule has 3 N–H and O–H groups in total. The quantitative estimate of drug-likeness (QED) is 0.438. The maximum Gasteiger partial charge on any atom is 0.189 e. The van der Waals surface area contributed by atoms with E-state index in [1.807, 2.05) is 37.4 Å². The lowest BCUT2D eigenvalue weighted by Gasteiger charge is -2.26. The third kappa shape index (κ3) is 4.83. The van der Waals surface area contributed by atoms with Crippen LogP contribution in [-0.2, 0) is 6.42 Å². The lowest BCUT2D eigenvalue weighted by atomic mass is 10.0. The van der Waals surface area contributed by atoms with E-state index in [9.17, 15) is 0 Å². The molecular weight excluding hydrogens is 415 g/mol. The van der Waals surface area contributed by atoms with Crippen molar-refractivity contribution >= 4 is 29.9 Å². The molecule has 1 aliphatic rings. The van der Waals surface area contributed by atoms with Gasteiger partial charge in [-0.1, -0.05) is 24.3 Å². The van der Waals surface area contributed by atoms with Crippen LogP contribution in [0.3, 0.4) is 0 Å². The molecule has 3 rings (SSSR count). The number of aliphatic imine (C=N–C) groups is 1. The van der Waals surface area contributed by atoms with Gasteiger partial charge in [-0.3, -0.25) is 9.98 Å². The minimum Gasteiger partial charge on any atom is -0.493 e. The van der Waals surface area contributed by atoms with Crippen LogP contribution in [-0.4, -0.2) is 24.1 Å². The number of nitrogens with zero attached hydrogens (tertiary/aromatic N) is 2. The Morgan fingerprint density at radius 2 is 2.17 bits per heavy atom. The summed E-state index contributed by atoms with van der Waals surface area (Å²) in [7, 11) is 0. The monoisotopic (exact) mass is 438 g/mol. The van der Waals surface area contributed by atoms with Gasteiger partial charge in [0.15, 0.2) is 5.96 Å². The molecule has 2 aromatic rings. The summed E-state index contributed by atoms with van der Waals surface area (Å²) in [4.78, 5) is 8.71. The number of aryl methyl sites for hydroxylation is 1. The van der Waals surface area contributed by atoms with E-state index in [0.717, 1.165) is 29.8 Å². The number of guanidine groups is 1. The lowest BCUT2D eigenvalue weighted by Crippen LogP contribution is -2.37. The molecule has 0 spiro atoms. The van der Waals surface area contributed by atoms with Crippen LogP contribution in [0.5, 0.6) is 5.75 Å². The molecule has 0 radical (unpaired) electrons. The van der Waals surface area contributed by atoms with Gasteiger partial charge in [-0.25, -0.2) is 0 Å². The molecule has 1 aliphatic heterocycles. The van der Waals surface area contributed by atoms with Gasteiger partial charge < -0.3 is 15.8 Å². The van der Waals surface area contributed by atoms with Crippen LogP contribution in [0.15, 0.2) is 47.6 Å². The zero-order chi connectivity index (χ0) is 16.1. The maximum absolute atomic E-state index is 6.03. The molecule has 0 saturated heterocycles. The summed E-state index contributed by atoms with van der Waals surface area (Å²) < 4.78 is 5.66. The summed E-state index contributed by atoms with van der Waals surface area (Å²) in [5, 5.41) is 3.30. The van der Waals surface area contributed by atoms with Crippen molar-refractivity contribution in [3.8, 4) is 5.75 Å². The Labute approximate surface area is 159 Å². The first-order valence-electron chi connectivity index (χ1n) is 7.92. The molecule has 6 heteroatoms. The summed E-state index contributed by atoms with van der Waals surface area (Å²) in [5.74, 6) is 1.40. The minimum atomic E-state index is 0. The van der Waals surface area contributed by atoms with Crippen LogP contribution in [0.2, 0.25) is 0 Å². The highest BCUT2D eigenvalue weighted by atomic mass is 127. The molecule has 0 saturated carbocycles. The Morgan fingerprint density at radius 1 is 1.33 bits per heavy atom. The number of hydrogen-bond acceptors (Lipinski definition) is 3. The van der Waals surface area contributed by atoms with Crippen LogP contribution in [0.4, 0.5) is 0 Å². The average molecular weight is 438 g/mol. The summed E-state index contributed by atoms with van der Waals surface area (Å²) in [5.41, 5.74) is 9.37. The number of halogens is 1. The van der Waals surface area contributed by atoms with Crippen molar-refractivity contribution in [3.63, 3.8) is 0 Å². The summed E-state index contributed by atoms with van der Waals surface area (Å²) in [6, 6.07) is 12.3. The Balaban J connectivity index is 0.00000208. The molecule has 2 heterocycles. The number of hydrogen-bond donors (Lipinski definition) is 2. The van der Waals surface area contributed by atoms with E-state index in [1.165, 1.54) is 5.56 Å². The number of ether oxygens (including phenoxy) is 1. The van der Waals surface area contributed by atoms with Crippen LogP contribution in [0.25, 0.3) is 0 Å². The van der Waals surface area contributed by atoms with Gasteiger partial charge in [0.1, 0.15) is 5.75 Å². The van der Waals surface area contributed by atoms with E-state index in [-0.39, 0.29) is 30.0 Å². The molecule has 0 fully saturated rings. The number of fused-ring (bicyclic) bond motifs is 1. The van der Waals surface area contributed by atoms with Crippen molar-refractivity contribution in [1.29, 1.82) is 0 Å². The summed E-state index contributed by atoms with van der Waals surface area (Å²) in [6.45, 7) is 3.32. The number of aromatic nitrogens is 1. The smallest absolute Gasteiger partial charge is 0.189 e. The van der Waals surface area contributed by atoms with Crippen molar-refractivity contribution in [2.24, 2.45) is 10.7 Å². The van der Waals surface area contributed by atoms with Crippen molar-refractivity contribution < 1.29 is 4.74 Å². The second kappa shape index (κ2) is 8.86. The largest absolute Gasteiger partial charge is 0.493 e. The molecule has 1 aromatic carbocycles. The highest BCUT2D eigenvalue weighted by Crippen LogP contribution is 2.31. The Kier molecular flexibility index (Phi) is 6.84.